The van der Waals surface area contributed by atoms with Gasteiger partial charge in [-0.25, -0.2) is 0 Å². The molecule has 8 N–H and O–H groups in total. The Morgan fingerprint density at radius 1 is 0.810 bits per heavy atom. The molecular formula is C43H68O15. The predicted molar refractivity (Wildman–Crippen MR) is 204 cm³/mol. The average molecular weight is 825 g/mol. The van der Waals surface area contributed by atoms with Gasteiger partial charge in [0, 0.05) is 12.3 Å². The van der Waals surface area contributed by atoms with E-state index >= 15 is 0 Å². The van der Waals surface area contributed by atoms with Crippen molar-refractivity contribution in [1.82, 2.24) is 0 Å². The van der Waals surface area contributed by atoms with Crippen molar-refractivity contribution in [3.05, 3.63) is 11.6 Å². The van der Waals surface area contributed by atoms with Crippen molar-refractivity contribution in [2.45, 2.75) is 186 Å². The van der Waals surface area contributed by atoms with Crippen LogP contribution in [0.15, 0.2) is 11.6 Å². The summed E-state index contributed by atoms with van der Waals surface area (Å²) in [7, 11) is 0. The number of hydrogen-bond acceptors (Lipinski definition) is 14. The molecule has 58 heavy (non-hydrogen) atoms. The number of ether oxygens (including phenoxy) is 5. The molecule has 0 amide bonds. The third-order valence-electron chi connectivity index (χ3n) is 17.3. The van der Waals surface area contributed by atoms with Crippen LogP contribution < -0.4 is 0 Å². The van der Waals surface area contributed by atoms with E-state index in [0.717, 1.165) is 32.1 Å². The number of aliphatic hydroxyl groups is 7. The van der Waals surface area contributed by atoms with Crippen LogP contribution in [0.1, 0.15) is 113 Å². The molecule has 20 unspecified atom stereocenters. The summed E-state index contributed by atoms with van der Waals surface area (Å²) in [4.78, 5) is 24.9. The van der Waals surface area contributed by atoms with Crippen LogP contribution in [0.4, 0.5) is 0 Å². The molecule has 0 bridgehead atoms. The summed E-state index contributed by atoms with van der Waals surface area (Å²) < 4.78 is 29.2. The van der Waals surface area contributed by atoms with Gasteiger partial charge in [0.05, 0.1) is 29.8 Å². The lowest BCUT2D eigenvalue weighted by Crippen LogP contribution is -2.67. The van der Waals surface area contributed by atoms with Gasteiger partial charge in [-0.3, -0.25) is 9.59 Å². The second-order valence-electron chi connectivity index (χ2n) is 20.5. The molecular weight excluding hydrogens is 756 g/mol. The standard InChI is InChI=1S/C43H68O15/c1-21-29(46)30(47)32(49)36(56-21)58-34-25(19-54-22(2)44)57-35(33(50)31(34)48)55-20-40(5)26-10-13-42(7)27(39(26,4)12-11-28(40)45)9-8-23-24-18-38(3,53)14-16-43(24,37(51)52)17-15-41(23,42)6/h8,21,24-36,45-50,53H,9-20H2,1-7H3,(H,51,52). The number of fused-ring (bicyclic) bond motifs is 7. The minimum atomic E-state index is -1.70. The molecule has 6 fully saturated rings. The number of aliphatic hydroxyl groups excluding tert-OH is 6. The van der Waals surface area contributed by atoms with Crippen molar-refractivity contribution < 1.29 is 74.1 Å². The number of rotatable bonds is 8. The third-order valence-corrected chi connectivity index (χ3v) is 17.3. The van der Waals surface area contributed by atoms with Gasteiger partial charge < -0.3 is 64.5 Å². The average Bonchev–Trinajstić information content (AvgIpc) is 3.15. The summed E-state index contributed by atoms with van der Waals surface area (Å²) in [5, 5.41) is 87.6. The minimum Gasteiger partial charge on any atom is -0.481 e. The largest absolute Gasteiger partial charge is 0.481 e. The molecule has 4 saturated carbocycles. The maximum Gasteiger partial charge on any atom is 0.310 e. The van der Waals surface area contributed by atoms with Gasteiger partial charge in [0.2, 0.25) is 0 Å². The Kier molecular flexibility index (Phi) is 11.6. The smallest absolute Gasteiger partial charge is 0.310 e. The fourth-order valence-electron chi connectivity index (χ4n) is 13.5. The topological polar surface area (TPSA) is 242 Å². The third kappa shape index (κ3) is 6.81. The zero-order valence-corrected chi connectivity index (χ0v) is 35.1. The van der Waals surface area contributed by atoms with Crippen LogP contribution in [0.2, 0.25) is 0 Å². The number of carbonyl (C=O) groups excluding carboxylic acids is 1. The van der Waals surface area contributed by atoms with E-state index in [1.165, 1.54) is 19.4 Å². The predicted octanol–water partition coefficient (Wildman–Crippen LogP) is 2.18. The Morgan fingerprint density at radius 3 is 2.16 bits per heavy atom. The Labute approximate surface area is 341 Å². The lowest BCUT2D eigenvalue weighted by atomic mass is 9.33. The van der Waals surface area contributed by atoms with Gasteiger partial charge in [-0.05, 0) is 112 Å². The van der Waals surface area contributed by atoms with Crippen LogP contribution in [0.25, 0.3) is 0 Å². The highest BCUT2D eigenvalue weighted by molar-refractivity contribution is 5.76. The number of carbonyl (C=O) groups is 2. The molecule has 330 valence electrons. The fourth-order valence-corrected chi connectivity index (χ4v) is 13.5. The molecule has 0 aromatic heterocycles. The second kappa shape index (κ2) is 15.2. The molecule has 7 rings (SSSR count). The van der Waals surface area contributed by atoms with Crippen LogP contribution >= 0.6 is 0 Å². The van der Waals surface area contributed by atoms with Gasteiger partial charge >= 0.3 is 11.9 Å². The fraction of sp³-hybridized carbons (Fsp3) is 0.907. The Morgan fingerprint density at radius 2 is 1.48 bits per heavy atom. The maximum absolute atomic E-state index is 13.0. The highest BCUT2D eigenvalue weighted by Gasteiger charge is 2.70. The van der Waals surface area contributed by atoms with Crippen LogP contribution in [-0.4, -0.2) is 139 Å². The summed E-state index contributed by atoms with van der Waals surface area (Å²) in [6.07, 6.45) is -6.61. The number of esters is 1. The molecule has 2 saturated heterocycles. The molecule has 0 aromatic carbocycles. The number of aliphatic carboxylic acids is 1. The van der Waals surface area contributed by atoms with Crippen LogP contribution in [0.3, 0.4) is 0 Å². The van der Waals surface area contributed by atoms with Gasteiger partial charge in [-0.15, -0.1) is 0 Å². The zero-order chi connectivity index (χ0) is 42.5. The van der Waals surface area contributed by atoms with Crippen molar-refractivity contribution in [2.75, 3.05) is 13.2 Å². The molecule has 0 aromatic rings. The van der Waals surface area contributed by atoms with E-state index in [1.807, 2.05) is 13.8 Å². The van der Waals surface area contributed by atoms with E-state index < -0.39 is 102 Å². The van der Waals surface area contributed by atoms with Crippen molar-refractivity contribution in [2.24, 2.45) is 44.8 Å². The summed E-state index contributed by atoms with van der Waals surface area (Å²) >= 11 is 0. The summed E-state index contributed by atoms with van der Waals surface area (Å²) in [5.74, 6) is -1.43. The second-order valence-corrected chi connectivity index (χ2v) is 20.5. The van der Waals surface area contributed by atoms with Gasteiger partial charge in [0.15, 0.2) is 12.6 Å². The van der Waals surface area contributed by atoms with Gasteiger partial charge in [0.25, 0.3) is 0 Å². The Balaban J connectivity index is 1.11. The lowest BCUT2D eigenvalue weighted by molar-refractivity contribution is -0.360. The van der Waals surface area contributed by atoms with Crippen LogP contribution in [0.5, 0.6) is 0 Å². The Hall–Kier alpha value is -1.76. The molecule has 0 radical (unpaired) electrons. The van der Waals surface area contributed by atoms with E-state index in [-0.39, 0.29) is 40.6 Å². The van der Waals surface area contributed by atoms with E-state index in [9.17, 15) is 50.4 Å². The quantitative estimate of drug-likeness (QED) is 0.129. The highest BCUT2D eigenvalue weighted by atomic mass is 16.7. The highest BCUT2D eigenvalue weighted by Crippen LogP contribution is 2.75. The van der Waals surface area contributed by atoms with E-state index in [0.29, 0.717) is 32.1 Å². The number of carboxylic acid groups (broad SMARTS) is 1. The first-order valence-electron chi connectivity index (χ1n) is 21.4. The molecule has 0 spiro atoms. The molecule has 5 aliphatic carbocycles. The first-order valence-corrected chi connectivity index (χ1v) is 21.4. The number of allylic oxidation sites excluding steroid dienone is 2. The SMILES string of the molecule is CC(=O)OCC1OC(OCC2(C)C(O)CCC3(C)C2CCC2(C)C3CC=C3C4CC(C)(O)CCC4(C(=O)O)CCC32C)C(O)C(O)C1OC1OC(C)C(O)C(O)C1O. The summed E-state index contributed by atoms with van der Waals surface area (Å²) in [6.45, 7) is 13.1. The Bertz CT molecular complexity index is 1600. The molecule has 20 atom stereocenters. The van der Waals surface area contributed by atoms with Gasteiger partial charge in [-0.1, -0.05) is 39.3 Å². The molecule has 15 nitrogen and oxygen atoms in total. The normalized spacial score (nSPS) is 54.2. The van der Waals surface area contributed by atoms with Crippen molar-refractivity contribution in [3.8, 4) is 0 Å². The lowest BCUT2D eigenvalue weighted by Gasteiger charge is -2.71. The molecule has 7 aliphatic rings. The van der Waals surface area contributed by atoms with E-state index in [2.05, 4.69) is 26.8 Å². The zero-order valence-electron chi connectivity index (χ0n) is 35.1. The molecule has 2 heterocycles. The van der Waals surface area contributed by atoms with Gasteiger partial charge in [0.1, 0.15) is 49.3 Å². The molecule has 2 aliphatic heterocycles. The van der Waals surface area contributed by atoms with Crippen molar-refractivity contribution in [1.29, 1.82) is 0 Å². The first kappa shape index (κ1) is 44.3. The minimum absolute atomic E-state index is 0.00947. The van der Waals surface area contributed by atoms with E-state index in [1.54, 1.807) is 0 Å². The van der Waals surface area contributed by atoms with Crippen LogP contribution in [-0.2, 0) is 33.3 Å². The monoisotopic (exact) mass is 824 g/mol. The first-order chi connectivity index (χ1) is 27.0. The van der Waals surface area contributed by atoms with E-state index in [4.69, 9.17) is 23.7 Å². The van der Waals surface area contributed by atoms with Crippen molar-refractivity contribution >= 4 is 11.9 Å². The number of hydrogen-bond donors (Lipinski definition) is 8. The summed E-state index contributed by atoms with van der Waals surface area (Å²) in [5.41, 5.74) is -2.09. The molecule has 15 heteroatoms. The van der Waals surface area contributed by atoms with Crippen molar-refractivity contribution in [3.63, 3.8) is 0 Å². The van der Waals surface area contributed by atoms with Gasteiger partial charge in [-0.2, -0.15) is 0 Å². The maximum atomic E-state index is 13.0. The number of carboxylic acids is 1. The van der Waals surface area contributed by atoms with Crippen LogP contribution in [0, 0.1) is 44.8 Å². The summed E-state index contributed by atoms with van der Waals surface area (Å²) in [6, 6.07) is 0.